The van der Waals surface area contributed by atoms with Crippen molar-refractivity contribution in [2.75, 3.05) is 11.9 Å². The summed E-state index contributed by atoms with van der Waals surface area (Å²) in [4.78, 5) is 14.6. The Bertz CT molecular complexity index is 693. The van der Waals surface area contributed by atoms with Gasteiger partial charge in [-0.3, -0.25) is 4.68 Å². The lowest BCUT2D eigenvalue weighted by molar-refractivity contribution is -0.141. The van der Waals surface area contributed by atoms with E-state index in [-0.39, 0.29) is 11.7 Å². The van der Waals surface area contributed by atoms with Gasteiger partial charge in [0.2, 0.25) is 0 Å². The van der Waals surface area contributed by atoms with Gasteiger partial charge in [0.05, 0.1) is 24.2 Å². The number of carbonyl (C=O) groups is 1. The van der Waals surface area contributed by atoms with Gasteiger partial charge in [-0.15, -0.1) is 0 Å². The first-order chi connectivity index (χ1) is 10.2. The average molecular weight is 334 g/mol. The van der Waals surface area contributed by atoms with E-state index >= 15 is 0 Å². The van der Waals surface area contributed by atoms with Crippen LogP contribution in [0.15, 0.2) is 6.20 Å². The third-order valence-electron chi connectivity index (χ3n) is 2.83. The van der Waals surface area contributed by atoms with Crippen LogP contribution in [-0.2, 0) is 18.0 Å². The van der Waals surface area contributed by atoms with E-state index in [4.69, 9.17) is 0 Å². The van der Waals surface area contributed by atoms with Crippen molar-refractivity contribution in [2.45, 2.75) is 20.0 Å². The van der Waals surface area contributed by atoms with E-state index in [1.165, 1.54) is 13.1 Å². The number of carbonyl (C=O) groups excluding carboxylic acids is 1. The molecule has 0 radical (unpaired) electrons. The maximum Gasteiger partial charge on any atom is 0.435 e. The van der Waals surface area contributed by atoms with Crippen LogP contribution >= 0.6 is 11.3 Å². The fourth-order valence-corrected chi connectivity index (χ4v) is 2.53. The van der Waals surface area contributed by atoms with Crippen LogP contribution in [-0.4, -0.2) is 27.3 Å². The summed E-state index contributed by atoms with van der Waals surface area (Å²) in [5, 5.41) is 6.66. The predicted molar refractivity (Wildman–Crippen MR) is 74.3 cm³/mol. The molecule has 0 aliphatic carbocycles. The maximum absolute atomic E-state index is 13.0. The van der Waals surface area contributed by atoms with Crippen molar-refractivity contribution in [3.8, 4) is 0 Å². The summed E-state index contributed by atoms with van der Waals surface area (Å²) in [6.07, 6.45) is -3.27. The molecule has 0 unspecified atom stereocenters. The molecule has 2 heterocycles. The Morgan fingerprint density at radius 3 is 2.68 bits per heavy atom. The first kappa shape index (κ1) is 16.3. The van der Waals surface area contributed by atoms with Crippen LogP contribution in [0.25, 0.3) is 0 Å². The second-order valence-electron chi connectivity index (χ2n) is 4.31. The van der Waals surface area contributed by atoms with Crippen molar-refractivity contribution in [3.63, 3.8) is 0 Å². The molecule has 0 saturated carbocycles. The van der Waals surface area contributed by atoms with E-state index in [9.17, 15) is 18.0 Å². The zero-order valence-electron chi connectivity index (χ0n) is 12.0. The molecule has 2 rings (SSSR count). The van der Waals surface area contributed by atoms with E-state index < -0.39 is 22.7 Å². The molecule has 0 aliphatic heterocycles. The first-order valence-corrected chi connectivity index (χ1v) is 7.06. The molecule has 10 heteroatoms. The largest absolute Gasteiger partial charge is 0.462 e. The maximum atomic E-state index is 13.0. The van der Waals surface area contributed by atoms with Gasteiger partial charge >= 0.3 is 12.1 Å². The van der Waals surface area contributed by atoms with Crippen molar-refractivity contribution in [1.29, 1.82) is 0 Å². The van der Waals surface area contributed by atoms with Gasteiger partial charge in [0, 0.05) is 7.05 Å². The second kappa shape index (κ2) is 5.95. The van der Waals surface area contributed by atoms with Crippen molar-refractivity contribution in [2.24, 2.45) is 7.05 Å². The SMILES string of the molecule is CCOC(=O)c1sc(Nc2cnn(C)c2C)nc1C(F)(F)F. The molecule has 0 bridgehead atoms. The lowest BCUT2D eigenvalue weighted by Gasteiger charge is -2.05. The minimum atomic E-state index is -4.73. The van der Waals surface area contributed by atoms with E-state index in [0.29, 0.717) is 17.0 Å². The number of anilines is 2. The zero-order chi connectivity index (χ0) is 16.5. The normalized spacial score (nSPS) is 11.5. The molecule has 1 N–H and O–H groups in total. The molecule has 0 aliphatic rings. The van der Waals surface area contributed by atoms with Gasteiger partial charge in [-0.2, -0.15) is 18.3 Å². The topological polar surface area (TPSA) is 69.0 Å². The van der Waals surface area contributed by atoms with E-state index in [2.05, 4.69) is 20.1 Å². The van der Waals surface area contributed by atoms with Crippen molar-refractivity contribution < 1.29 is 22.7 Å². The molecule has 0 amide bonds. The highest BCUT2D eigenvalue weighted by molar-refractivity contribution is 7.17. The third-order valence-corrected chi connectivity index (χ3v) is 3.78. The number of thiazole rings is 1. The fourth-order valence-electron chi connectivity index (χ4n) is 1.64. The Morgan fingerprint density at radius 1 is 1.50 bits per heavy atom. The standard InChI is InChI=1S/C12H13F3N4O2S/c1-4-21-10(20)8-9(12(13,14)15)18-11(22-8)17-7-5-16-19(3)6(7)2/h5H,4H2,1-3H3,(H,17,18). The van der Waals surface area contributed by atoms with Crippen LogP contribution in [0.3, 0.4) is 0 Å². The highest BCUT2D eigenvalue weighted by atomic mass is 32.1. The number of hydrogen-bond acceptors (Lipinski definition) is 6. The van der Waals surface area contributed by atoms with E-state index in [1.54, 1.807) is 18.7 Å². The Morgan fingerprint density at radius 2 is 2.18 bits per heavy atom. The molecule has 120 valence electrons. The van der Waals surface area contributed by atoms with Crippen LogP contribution in [0.1, 0.15) is 28.0 Å². The summed E-state index contributed by atoms with van der Waals surface area (Å²) >= 11 is 0.593. The number of nitrogens with zero attached hydrogens (tertiary/aromatic N) is 3. The van der Waals surface area contributed by atoms with Crippen molar-refractivity contribution in [3.05, 3.63) is 22.5 Å². The Kier molecular flexibility index (Phi) is 4.40. The van der Waals surface area contributed by atoms with Gasteiger partial charge in [0.15, 0.2) is 10.8 Å². The molecule has 6 nitrogen and oxygen atoms in total. The van der Waals surface area contributed by atoms with Gasteiger partial charge < -0.3 is 10.1 Å². The molecular formula is C12H13F3N4O2S. The third kappa shape index (κ3) is 3.21. The van der Waals surface area contributed by atoms with Crippen LogP contribution in [0.4, 0.5) is 24.0 Å². The highest BCUT2D eigenvalue weighted by Crippen LogP contribution is 2.37. The van der Waals surface area contributed by atoms with Crippen molar-refractivity contribution in [1.82, 2.24) is 14.8 Å². The van der Waals surface area contributed by atoms with Crippen molar-refractivity contribution >= 4 is 28.1 Å². The number of hydrogen-bond donors (Lipinski definition) is 1. The van der Waals surface area contributed by atoms with Crippen LogP contribution < -0.4 is 5.32 Å². The quantitative estimate of drug-likeness (QED) is 0.870. The molecule has 2 aromatic heterocycles. The highest BCUT2D eigenvalue weighted by Gasteiger charge is 2.40. The monoisotopic (exact) mass is 334 g/mol. The zero-order valence-corrected chi connectivity index (χ0v) is 12.8. The number of esters is 1. The van der Waals surface area contributed by atoms with Gasteiger partial charge in [0.1, 0.15) is 4.88 Å². The number of aryl methyl sites for hydroxylation is 1. The van der Waals surface area contributed by atoms with Crippen LogP contribution in [0.5, 0.6) is 0 Å². The number of rotatable bonds is 4. The predicted octanol–water partition coefficient (Wildman–Crippen LogP) is 3.12. The summed E-state index contributed by atoms with van der Waals surface area (Å²) < 4.78 is 45.1. The molecule has 2 aromatic rings. The minimum absolute atomic E-state index is 0.0154. The van der Waals surface area contributed by atoms with E-state index in [0.717, 1.165) is 5.69 Å². The Labute approximate surface area is 127 Å². The summed E-state index contributed by atoms with van der Waals surface area (Å²) in [6.45, 7) is 3.25. The fraction of sp³-hybridized carbons (Fsp3) is 0.417. The summed E-state index contributed by atoms with van der Waals surface area (Å²) in [5.41, 5.74) is -0.0122. The van der Waals surface area contributed by atoms with Crippen LogP contribution in [0.2, 0.25) is 0 Å². The number of halogens is 3. The Hall–Kier alpha value is -2.10. The minimum Gasteiger partial charge on any atom is -0.462 e. The molecule has 0 spiro atoms. The number of nitrogens with one attached hydrogen (secondary N) is 1. The molecular weight excluding hydrogens is 321 g/mol. The summed E-state index contributed by atoms with van der Waals surface area (Å²) in [6, 6.07) is 0. The van der Waals surface area contributed by atoms with Gasteiger partial charge in [-0.25, -0.2) is 9.78 Å². The lowest BCUT2D eigenvalue weighted by atomic mass is 10.3. The molecule has 0 saturated heterocycles. The molecule has 22 heavy (non-hydrogen) atoms. The molecule has 0 fully saturated rings. The second-order valence-corrected chi connectivity index (χ2v) is 5.31. The lowest BCUT2D eigenvalue weighted by Crippen LogP contribution is -2.13. The number of alkyl halides is 3. The molecule has 0 aromatic carbocycles. The van der Waals surface area contributed by atoms with Crippen LogP contribution in [0, 0.1) is 6.92 Å². The number of aromatic nitrogens is 3. The smallest absolute Gasteiger partial charge is 0.435 e. The average Bonchev–Trinajstić information content (AvgIpc) is 2.98. The number of ether oxygens (including phenoxy) is 1. The first-order valence-electron chi connectivity index (χ1n) is 6.24. The van der Waals surface area contributed by atoms with E-state index in [1.807, 2.05) is 0 Å². The van der Waals surface area contributed by atoms with Gasteiger partial charge in [-0.05, 0) is 13.8 Å². The Balaban J connectivity index is 2.37. The van der Waals surface area contributed by atoms with Gasteiger partial charge in [0.25, 0.3) is 0 Å². The van der Waals surface area contributed by atoms with Gasteiger partial charge in [-0.1, -0.05) is 11.3 Å². The molecule has 0 atom stereocenters. The summed E-state index contributed by atoms with van der Waals surface area (Å²) in [5.74, 6) is -1.04. The summed E-state index contributed by atoms with van der Waals surface area (Å²) in [7, 11) is 1.70.